The number of anilines is 1. The molecule has 0 radical (unpaired) electrons. The maximum absolute atomic E-state index is 12.6. The van der Waals surface area contributed by atoms with Crippen LogP contribution in [0.25, 0.3) is 6.08 Å². The Kier molecular flexibility index (Phi) is 10.2. The summed E-state index contributed by atoms with van der Waals surface area (Å²) >= 11 is 12.7. The van der Waals surface area contributed by atoms with E-state index in [-0.39, 0.29) is 22.2 Å². The molecule has 6 nitrogen and oxygen atoms in total. The Morgan fingerprint density at radius 3 is 2.31 bits per heavy atom. The third kappa shape index (κ3) is 8.03. The van der Waals surface area contributed by atoms with Crippen LogP contribution in [0.5, 0.6) is 11.5 Å². The van der Waals surface area contributed by atoms with E-state index in [1.807, 2.05) is 56.3 Å². The Bertz CT molecular complexity index is 1260. The molecular formula is C28H26Cl2N2O4. The monoisotopic (exact) mass is 524 g/mol. The molecule has 0 fully saturated rings. The number of nitrogens with one attached hydrogen (secondary N) is 1. The van der Waals surface area contributed by atoms with Gasteiger partial charge in [0.1, 0.15) is 30.6 Å². The topological polar surface area (TPSA) is 80.6 Å². The molecule has 1 N–H and O–H groups in total. The van der Waals surface area contributed by atoms with Crippen molar-refractivity contribution < 1.29 is 19.0 Å². The summed E-state index contributed by atoms with van der Waals surface area (Å²) in [6.45, 7) is 5.26. The van der Waals surface area contributed by atoms with Crippen LogP contribution in [-0.2, 0) is 9.53 Å². The highest BCUT2D eigenvalue weighted by atomic mass is 35.5. The van der Waals surface area contributed by atoms with E-state index in [0.717, 1.165) is 16.9 Å². The minimum Gasteiger partial charge on any atom is -0.491 e. The Morgan fingerprint density at radius 2 is 1.64 bits per heavy atom. The highest BCUT2D eigenvalue weighted by molar-refractivity contribution is 6.37. The molecule has 3 rings (SSSR count). The average Bonchev–Trinajstić information content (AvgIpc) is 2.84. The highest BCUT2D eigenvalue weighted by Crippen LogP contribution is 2.35. The number of benzene rings is 3. The first kappa shape index (κ1) is 27.1. The van der Waals surface area contributed by atoms with E-state index >= 15 is 0 Å². The van der Waals surface area contributed by atoms with Crippen LogP contribution in [0.3, 0.4) is 0 Å². The van der Waals surface area contributed by atoms with E-state index in [9.17, 15) is 10.1 Å². The molecule has 0 aliphatic rings. The van der Waals surface area contributed by atoms with Gasteiger partial charge in [0.25, 0.3) is 5.91 Å². The van der Waals surface area contributed by atoms with Gasteiger partial charge in [0.15, 0.2) is 5.75 Å². The fourth-order valence-corrected chi connectivity index (χ4v) is 3.86. The van der Waals surface area contributed by atoms with Gasteiger partial charge in [-0.2, -0.15) is 5.26 Å². The Balaban J connectivity index is 1.51. The number of hydrogen-bond acceptors (Lipinski definition) is 5. The van der Waals surface area contributed by atoms with Gasteiger partial charge in [0, 0.05) is 5.69 Å². The molecule has 0 aromatic heterocycles. The van der Waals surface area contributed by atoms with E-state index in [1.54, 1.807) is 24.3 Å². The fraction of sp³-hybridized carbons (Fsp3) is 0.214. The smallest absolute Gasteiger partial charge is 0.266 e. The van der Waals surface area contributed by atoms with Crippen LogP contribution < -0.4 is 14.8 Å². The average molecular weight is 525 g/mol. The van der Waals surface area contributed by atoms with Gasteiger partial charge in [-0.25, -0.2) is 0 Å². The van der Waals surface area contributed by atoms with Gasteiger partial charge >= 0.3 is 0 Å². The maximum Gasteiger partial charge on any atom is 0.266 e. The Morgan fingerprint density at radius 1 is 0.944 bits per heavy atom. The number of rotatable bonds is 11. The van der Waals surface area contributed by atoms with Crippen LogP contribution in [0, 0.1) is 25.2 Å². The second-order valence-corrected chi connectivity index (χ2v) is 8.69. The van der Waals surface area contributed by atoms with E-state index in [4.69, 9.17) is 37.4 Å². The lowest BCUT2D eigenvalue weighted by atomic mass is 10.1. The summed E-state index contributed by atoms with van der Waals surface area (Å²) in [6, 6.07) is 20.2. The quantitative estimate of drug-likeness (QED) is 0.173. The zero-order chi connectivity index (χ0) is 25.9. The molecule has 1 amide bonds. The molecule has 0 unspecified atom stereocenters. The number of amides is 1. The number of para-hydroxylation sites is 1. The molecule has 36 heavy (non-hydrogen) atoms. The zero-order valence-corrected chi connectivity index (χ0v) is 21.5. The molecule has 0 saturated heterocycles. The van der Waals surface area contributed by atoms with Gasteiger partial charge in [0.2, 0.25) is 0 Å². The minimum atomic E-state index is -0.525. The Labute approximate surface area is 221 Å². The standard InChI is InChI=1S/C28H26Cl2N2O4/c1-19-6-5-8-23(14-19)35-12-10-34-11-13-36-27-24(29)16-21(17-25(27)30)15-22(18-31)28(33)32-26-9-4-3-7-20(26)2/h3-9,14-17H,10-13H2,1-2H3,(H,32,33)/b22-15+. The summed E-state index contributed by atoms with van der Waals surface area (Å²) in [5, 5.41) is 12.7. The first-order chi connectivity index (χ1) is 17.4. The number of halogens is 2. The number of nitrogens with zero attached hydrogens (tertiary/aromatic N) is 1. The van der Waals surface area contributed by atoms with Crippen molar-refractivity contribution in [2.75, 3.05) is 31.7 Å². The largest absolute Gasteiger partial charge is 0.491 e. The van der Waals surface area contributed by atoms with E-state index in [2.05, 4.69) is 5.32 Å². The first-order valence-electron chi connectivity index (χ1n) is 11.2. The number of hydrogen-bond donors (Lipinski definition) is 1. The van der Waals surface area contributed by atoms with Gasteiger partial charge in [-0.1, -0.05) is 53.5 Å². The van der Waals surface area contributed by atoms with Gasteiger partial charge in [-0.3, -0.25) is 4.79 Å². The van der Waals surface area contributed by atoms with Crippen LogP contribution in [0.4, 0.5) is 5.69 Å². The lowest BCUT2D eigenvalue weighted by molar-refractivity contribution is -0.112. The van der Waals surface area contributed by atoms with Crippen molar-refractivity contribution in [3.8, 4) is 17.6 Å². The second kappa shape index (κ2) is 13.6. The van der Waals surface area contributed by atoms with Gasteiger partial charge in [-0.15, -0.1) is 0 Å². The van der Waals surface area contributed by atoms with Gasteiger partial charge in [-0.05, 0) is 66.9 Å². The lowest BCUT2D eigenvalue weighted by Gasteiger charge is -2.12. The fourth-order valence-electron chi connectivity index (χ4n) is 3.25. The van der Waals surface area contributed by atoms with E-state index in [1.165, 1.54) is 6.08 Å². The summed E-state index contributed by atoms with van der Waals surface area (Å²) in [5.41, 5.74) is 3.07. The molecule has 0 bridgehead atoms. The summed E-state index contributed by atoms with van der Waals surface area (Å²) in [5.74, 6) is 0.579. The molecule has 8 heteroatoms. The highest BCUT2D eigenvalue weighted by Gasteiger charge is 2.13. The minimum absolute atomic E-state index is 0.0830. The molecule has 0 heterocycles. The molecular weight excluding hydrogens is 499 g/mol. The Hall–Kier alpha value is -3.50. The third-order valence-corrected chi connectivity index (χ3v) is 5.61. The van der Waals surface area contributed by atoms with Crippen molar-refractivity contribution in [3.63, 3.8) is 0 Å². The predicted molar refractivity (Wildman–Crippen MR) is 143 cm³/mol. The van der Waals surface area contributed by atoms with Crippen LogP contribution in [-0.4, -0.2) is 32.3 Å². The number of nitriles is 1. The van der Waals surface area contributed by atoms with E-state index in [0.29, 0.717) is 36.8 Å². The number of carbonyl (C=O) groups excluding carboxylic acids is 1. The van der Waals surface area contributed by atoms with Crippen molar-refractivity contribution in [1.82, 2.24) is 0 Å². The van der Waals surface area contributed by atoms with Crippen molar-refractivity contribution in [2.24, 2.45) is 0 Å². The number of aryl methyl sites for hydroxylation is 2. The summed E-state index contributed by atoms with van der Waals surface area (Å²) in [4.78, 5) is 12.6. The summed E-state index contributed by atoms with van der Waals surface area (Å²) in [6.07, 6.45) is 1.42. The predicted octanol–water partition coefficient (Wildman–Crippen LogP) is 6.63. The zero-order valence-electron chi connectivity index (χ0n) is 20.0. The SMILES string of the molecule is Cc1cccc(OCCOCCOc2c(Cl)cc(/C=C(\C#N)C(=O)Nc3ccccc3C)cc2Cl)c1. The third-order valence-electron chi connectivity index (χ3n) is 5.05. The maximum atomic E-state index is 12.6. The number of ether oxygens (including phenoxy) is 3. The van der Waals surface area contributed by atoms with Crippen LogP contribution in [0.15, 0.2) is 66.2 Å². The molecule has 0 saturated carbocycles. The van der Waals surface area contributed by atoms with Crippen molar-refractivity contribution in [3.05, 3.63) is 93.0 Å². The molecule has 0 atom stereocenters. The van der Waals surface area contributed by atoms with Crippen molar-refractivity contribution >= 4 is 40.9 Å². The molecule has 0 spiro atoms. The summed E-state index contributed by atoms with van der Waals surface area (Å²) in [7, 11) is 0. The van der Waals surface area contributed by atoms with Crippen LogP contribution >= 0.6 is 23.2 Å². The van der Waals surface area contributed by atoms with Gasteiger partial charge < -0.3 is 19.5 Å². The first-order valence-corrected chi connectivity index (χ1v) is 12.0. The molecule has 3 aromatic rings. The van der Waals surface area contributed by atoms with Crippen LogP contribution in [0.2, 0.25) is 10.0 Å². The van der Waals surface area contributed by atoms with Crippen molar-refractivity contribution in [2.45, 2.75) is 13.8 Å². The van der Waals surface area contributed by atoms with Crippen LogP contribution in [0.1, 0.15) is 16.7 Å². The van der Waals surface area contributed by atoms with E-state index < -0.39 is 5.91 Å². The molecule has 0 aliphatic heterocycles. The molecule has 186 valence electrons. The molecule has 0 aliphatic carbocycles. The summed E-state index contributed by atoms with van der Waals surface area (Å²) < 4.78 is 16.8. The lowest BCUT2D eigenvalue weighted by Crippen LogP contribution is -2.14. The molecule has 3 aromatic carbocycles. The van der Waals surface area contributed by atoms with Crippen molar-refractivity contribution in [1.29, 1.82) is 5.26 Å². The normalized spacial score (nSPS) is 11.0. The van der Waals surface area contributed by atoms with Gasteiger partial charge in [0.05, 0.1) is 23.3 Å². The number of carbonyl (C=O) groups is 1. The second-order valence-electron chi connectivity index (χ2n) is 7.88.